The van der Waals surface area contributed by atoms with E-state index in [0.29, 0.717) is 17.0 Å². The lowest BCUT2D eigenvalue weighted by molar-refractivity contribution is -0.117. The number of carbonyl (C=O) groups excluding carboxylic acids is 2. The Bertz CT molecular complexity index is 1400. The Morgan fingerprint density at radius 2 is 1.57 bits per heavy atom. The van der Waals surface area contributed by atoms with Crippen molar-refractivity contribution in [2.24, 2.45) is 0 Å². The van der Waals surface area contributed by atoms with Crippen LogP contribution in [0, 0.1) is 0 Å². The Morgan fingerprint density at radius 1 is 0.886 bits per heavy atom. The van der Waals surface area contributed by atoms with E-state index >= 15 is 0 Å². The molecule has 2 heterocycles. The smallest absolute Gasteiger partial charge is 0.294 e. The summed E-state index contributed by atoms with van der Waals surface area (Å²) in [7, 11) is 1.54. The normalized spacial score (nSPS) is 15.4. The number of hydrogen-bond donors (Lipinski definition) is 1. The molecule has 0 aliphatic carbocycles. The predicted octanol–water partition coefficient (Wildman–Crippen LogP) is 5.54. The summed E-state index contributed by atoms with van der Waals surface area (Å²) in [5.74, 6) is -0.980. The monoisotopic (exact) mass is 462 g/mol. The molecule has 3 aromatic carbocycles. The van der Waals surface area contributed by atoms with E-state index in [2.05, 4.69) is 4.98 Å². The van der Waals surface area contributed by atoms with Gasteiger partial charge in [-0.1, -0.05) is 48.5 Å². The highest BCUT2D eigenvalue weighted by atomic mass is 16.5. The van der Waals surface area contributed by atoms with E-state index in [0.717, 1.165) is 16.8 Å². The molecule has 0 bridgehead atoms. The minimum absolute atomic E-state index is 0.0418. The molecule has 0 fully saturated rings. The third kappa shape index (κ3) is 4.06. The molecule has 0 radical (unpaired) electrons. The second-order valence-corrected chi connectivity index (χ2v) is 8.07. The Labute approximate surface area is 202 Å². The van der Waals surface area contributed by atoms with Crippen molar-refractivity contribution in [3.8, 4) is 17.0 Å². The minimum atomic E-state index is -0.779. The second kappa shape index (κ2) is 9.27. The average Bonchev–Trinajstić information content (AvgIpc) is 3.19. The molecule has 5 rings (SSSR count). The number of anilines is 1. The summed E-state index contributed by atoms with van der Waals surface area (Å²) >= 11 is 0. The second-order valence-electron chi connectivity index (χ2n) is 8.07. The zero-order valence-electron chi connectivity index (χ0n) is 19.0. The van der Waals surface area contributed by atoms with Crippen molar-refractivity contribution in [2.75, 3.05) is 12.0 Å². The molecule has 6 heteroatoms. The molecule has 1 aliphatic heterocycles. The lowest BCUT2D eigenvalue weighted by Gasteiger charge is -2.27. The highest BCUT2D eigenvalue weighted by Crippen LogP contribution is 2.42. The van der Waals surface area contributed by atoms with E-state index in [4.69, 9.17) is 4.74 Å². The molecule has 0 spiro atoms. The maximum Gasteiger partial charge on any atom is 0.294 e. The first-order valence-electron chi connectivity index (χ1n) is 11.1. The summed E-state index contributed by atoms with van der Waals surface area (Å²) < 4.78 is 5.18. The SMILES string of the molecule is COc1ccc(C(=O)C2=C(O)C(=O)N(c3ccc(-c4ccccn4)cc3)C2c2ccccc2)cc1. The van der Waals surface area contributed by atoms with Gasteiger partial charge in [0.1, 0.15) is 5.75 Å². The number of hydrogen-bond acceptors (Lipinski definition) is 5. The van der Waals surface area contributed by atoms with E-state index in [1.54, 1.807) is 49.7 Å². The van der Waals surface area contributed by atoms with Crippen molar-refractivity contribution in [1.82, 2.24) is 4.98 Å². The van der Waals surface area contributed by atoms with Crippen LogP contribution in [0.15, 0.2) is 115 Å². The van der Waals surface area contributed by atoms with E-state index in [9.17, 15) is 14.7 Å². The third-order valence-corrected chi connectivity index (χ3v) is 6.03. The lowest BCUT2D eigenvalue weighted by Crippen LogP contribution is -2.31. The van der Waals surface area contributed by atoms with Crippen molar-refractivity contribution in [2.45, 2.75) is 6.04 Å². The molecule has 0 saturated carbocycles. The van der Waals surface area contributed by atoms with E-state index in [1.807, 2.05) is 60.7 Å². The summed E-state index contributed by atoms with van der Waals surface area (Å²) in [6.07, 6.45) is 1.72. The van der Waals surface area contributed by atoms with Crippen LogP contribution in [-0.2, 0) is 4.79 Å². The number of aliphatic hydroxyl groups excluding tert-OH is 1. The predicted molar refractivity (Wildman–Crippen MR) is 133 cm³/mol. The molecular weight excluding hydrogens is 440 g/mol. The number of aromatic nitrogens is 1. The molecule has 1 N–H and O–H groups in total. The zero-order valence-corrected chi connectivity index (χ0v) is 19.0. The summed E-state index contributed by atoms with van der Waals surface area (Å²) in [5, 5.41) is 10.9. The number of methoxy groups -OCH3 is 1. The molecular formula is C29H22N2O4. The van der Waals surface area contributed by atoms with Gasteiger partial charge in [0.2, 0.25) is 0 Å². The van der Waals surface area contributed by atoms with Crippen LogP contribution in [-0.4, -0.2) is 28.9 Å². The fourth-order valence-corrected chi connectivity index (χ4v) is 4.28. The maximum absolute atomic E-state index is 13.6. The van der Waals surface area contributed by atoms with Gasteiger partial charge < -0.3 is 9.84 Å². The van der Waals surface area contributed by atoms with Gasteiger partial charge in [0.05, 0.1) is 24.4 Å². The van der Waals surface area contributed by atoms with Gasteiger partial charge in [-0.3, -0.25) is 19.5 Å². The first kappa shape index (κ1) is 22.1. The van der Waals surface area contributed by atoms with Crippen LogP contribution in [0.1, 0.15) is 22.0 Å². The Hall–Kier alpha value is -4.71. The van der Waals surface area contributed by atoms with Crippen LogP contribution in [0.4, 0.5) is 5.69 Å². The number of carbonyl (C=O) groups is 2. The summed E-state index contributed by atoms with van der Waals surface area (Å²) in [6, 6.07) is 28.0. The lowest BCUT2D eigenvalue weighted by atomic mass is 9.92. The molecule has 35 heavy (non-hydrogen) atoms. The molecule has 6 nitrogen and oxygen atoms in total. The number of benzene rings is 3. The Morgan fingerprint density at radius 3 is 2.20 bits per heavy atom. The number of nitrogens with zero attached hydrogens (tertiary/aromatic N) is 2. The molecule has 0 saturated heterocycles. The molecule has 4 aromatic rings. The first-order valence-corrected chi connectivity index (χ1v) is 11.1. The van der Waals surface area contributed by atoms with Crippen molar-refractivity contribution in [1.29, 1.82) is 0 Å². The average molecular weight is 463 g/mol. The number of amides is 1. The van der Waals surface area contributed by atoms with Crippen LogP contribution in [0.3, 0.4) is 0 Å². The van der Waals surface area contributed by atoms with Gasteiger partial charge in [-0.25, -0.2) is 0 Å². The van der Waals surface area contributed by atoms with Gasteiger partial charge in [0.15, 0.2) is 11.5 Å². The van der Waals surface area contributed by atoms with Gasteiger partial charge >= 0.3 is 0 Å². The number of Topliss-reactive ketones (excluding diaryl/α,β-unsaturated/α-hetero) is 1. The third-order valence-electron chi connectivity index (χ3n) is 6.03. The molecule has 1 atom stereocenters. The number of pyridine rings is 1. The number of ketones is 1. The number of rotatable bonds is 6. The fraction of sp³-hybridized carbons (Fsp3) is 0.0690. The van der Waals surface area contributed by atoms with Gasteiger partial charge in [-0.15, -0.1) is 0 Å². The number of ether oxygens (including phenoxy) is 1. The number of aliphatic hydroxyl groups is 1. The highest BCUT2D eigenvalue weighted by Gasteiger charge is 2.44. The van der Waals surface area contributed by atoms with Crippen molar-refractivity contribution in [3.05, 3.63) is 126 Å². The molecule has 172 valence electrons. The van der Waals surface area contributed by atoms with Crippen molar-refractivity contribution < 1.29 is 19.4 Å². The van der Waals surface area contributed by atoms with Crippen LogP contribution in [0.5, 0.6) is 5.75 Å². The highest BCUT2D eigenvalue weighted by molar-refractivity contribution is 6.21. The van der Waals surface area contributed by atoms with Crippen molar-refractivity contribution in [3.63, 3.8) is 0 Å². The first-order chi connectivity index (χ1) is 17.1. The molecule has 1 amide bonds. The maximum atomic E-state index is 13.6. The van der Waals surface area contributed by atoms with E-state index < -0.39 is 23.5 Å². The van der Waals surface area contributed by atoms with Gasteiger partial charge in [0, 0.05) is 23.0 Å². The van der Waals surface area contributed by atoms with Crippen LogP contribution < -0.4 is 9.64 Å². The standard InChI is InChI=1S/C29H22N2O4/c1-35-23-16-12-21(13-17-23)27(32)25-26(20-7-3-2-4-8-20)31(29(34)28(25)33)22-14-10-19(11-15-22)24-9-5-6-18-30-24/h2-18,26,33H,1H3. The van der Waals surface area contributed by atoms with Crippen LogP contribution in [0.2, 0.25) is 0 Å². The quantitative estimate of drug-likeness (QED) is 0.381. The van der Waals surface area contributed by atoms with Gasteiger partial charge in [-0.05, 0) is 54.1 Å². The van der Waals surface area contributed by atoms with E-state index in [1.165, 1.54) is 4.90 Å². The summed E-state index contributed by atoms with van der Waals surface area (Å²) in [5.41, 5.74) is 3.38. The summed E-state index contributed by atoms with van der Waals surface area (Å²) in [4.78, 5) is 32.7. The van der Waals surface area contributed by atoms with Gasteiger partial charge in [-0.2, -0.15) is 0 Å². The Balaban J connectivity index is 1.57. The van der Waals surface area contributed by atoms with Gasteiger partial charge in [0.25, 0.3) is 5.91 Å². The molecule has 1 aromatic heterocycles. The largest absolute Gasteiger partial charge is 0.503 e. The van der Waals surface area contributed by atoms with Crippen LogP contribution >= 0.6 is 0 Å². The van der Waals surface area contributed by atoms with Crippen molar-refractivity contribution >= 4 is 17.4 Å². The van der Waals surface area contributed by atoms with E-state index in [-0.39, 0.29) is 5.57 Å². The Kier molecular flexibility index (Phi) is 5.85. The van der Waals surface area contributed by atoms with Crippen LogP contribution in [0.25, 0.3) is 11.3 Å². The fourth-order valence-electron chi connectivity index (χ4n) is 4.28. The topological polar surface area (TPSA) is 79.7 Å². The molecule has 1 unspecified atom stereocenters. The molecule has 1 aliphatic rings. The zero-order chi connectivity index (χ0) is 24.4. The summed E-state index contributed by atoms with van der Waals surface area (Å²) in [6.45, 7) is 0. The minimum Gasteiger partial charge on any atom is -0.503 e.